The van der Waals surface area contributed by atoms with Crippen LogP contribution >= 0.6 is 23.1 Å². The zero-order valence-electron chi connectivity index (χ0n) is 16.0. The maximum Gasteiger partial charge on any atom is 0.352 e. The van der Waals surface area contributed by atoms with Crippen LogP contribution in [-0.2, 0) is 30.6 Å². The Balaban J connectivity index is 1.51. The largest absolute Gasteiger partial charge is 0.477 e. The van der Waals surface area contributed by atoms with Gasteiger partial charge in [-0.25, -0.2) is 9.78 Å². The molecule has 0 bridgehead atoms. The van der Waals surface area contributed by atoms with Gasteiger partial charge in [0.15, 0.2) is 17.5 Å². The molecular weight excluding hydrogens is 464 g/mol. The molecule has 0 spiro atoms. The average molecular weight is 478 g/mol. The molecule has 3 N–H and O–H groups in total. The number of aliphatic carboxylic acids is 1. The van der Waals surface area contributed by atoms with E-state index >= 15 is 0 Å². The molecule has 32 heavy (non-hydrogen) atoms. The third kappa shape index (κ3) is 4.19. The van der Waals surface area contributed by atoms with E-state index in [1.807, 2.05) is 0 Å². The lowest BCUT2D eigenvalue weighted by molar-refractivity contribution is -0.150. The summed E-state index contributed by atoms with van der Waals surface area (Å²) in [7, 11) is 0. The Morgan fingerprint density at radius 3 is 3.03 bits per heavy atom. The van der Waals surface area contributed by atoms with Gasteiger partial charge in [-0.15, -0.1) is 23.1 Å². The topological polar surface area (TPSA) is 176 Å². The zero-order valence-corrected chi connectivity index (χ0v) is 17.6. The lowest BCUT2D eigenvalue weighted by atomic mass is 10.0. The number of β-lactam (4-membered cyclic amide) rings is 1. The number of carbonyl (C=O) groups excluding carboxylic acids is 3. The predicted molar refractivity (Wildman–Crippen MR) is 110 cm³/mol. The van der Waals surface area contributed by atoms with Crippen LogP contribution in [0.4, 0.5) is 5.13 Å². The number of carboxylic acids is 1. The molecule has 1 saturated heterocycles. The highest BCUT2D eigenvalue weighted by atomic mass is 32.2. The Bertz CT molecular complexity index is 1110. The van der Waals surface area contributed by atoms with Crippen LogP contribution in [0.25, 0.3) is 0 Å². The van der Waals surface area contributed by atoms with Gasteiger partial charge in [-0.2, -0.15) is 0 Å². The first-order valence-corrected chi connectivity index (χ1v) is 10.9. The first kappa shape index (κ1) is 21.5. The molecule has 166 valence electrons. The van der Waals surface area contributed by atoms with E-state index < -0.39 is 29.2 Å². The van der Waals surface area contributed by atoms with E-state index in [1.54, 1.807) is 6.07 Å². The lowest BCUT2D eigenvalue weighted by Crippen LogP contribution is -2.70. The highest BCUT2D eigenvalue weighted by Gasteiger charge is 2.53. The third-order valence-corrected chi connectivity index (χ3v) is 6.31. The number of nitrogens with zero attached hydrogens (tertiary/aromatic N) is 4. The van der Waals surface area contributed by atoms with Crippen LogP contribution in [0.3, 0.4) is 0 Å². The van der Waals surface area contributed by atoms with Gasteiger partial charge in [-0.1, -0.05) is 10.3 Å². The average Bonchev–Trinajstić information content (AvgIpc) is 3.46. The van der Waals surface area contributed by atoms with Gasteiger partial charge < -0.3 is 25.1 Å². The molecule has 4 rings (SSSR count). The number of thioether (sulfide) groups is 1. The van der Waals surface area contributed by atoms with Gasteiger partial charge in [0.05, 0.1) is 0 Å². The minimum absolute atomic E-state index is 0.0851. The second-order valence-corrected chi connectivity index (χ2v) is 8.29. The smallest absolute Gasteiger partial charge is 0.352 e. The Morgan fingerprint density at radius 1 is 1.47 bits per heavy atom. The van der Waals surface area contributed by atoms with E-state index in [2.05, 4.69) is 25.9 Å². The summed E-state index contributed by atoms with van der Waals surface area (Å²) in [6.07, 6.45) is 3.24. The molecule has 2 aromatic heterocycles. The van der Waals surface area contributed by atoms with Crippen molar-refractivity contribution in [3.63, 3.8) is 0 Å². The maximum absolute atomic E-state index is 12.9. The molecule has 4 heterocycles. The molecule has 2 aliphatic rings. The number of oxime groups is 1. The van der Waals surface area contributed by atoms with Crippen LogP contribution < -0.4 is 10.6 Å². The molecular formula is C17H14N6O7S2. The summed E-state index contributed by atoms with van der Waals surface area (Å²) < 4.78 is 4.70. The SMILES string of the molecule is O=CNc1nc(/C(=N\OCc2ccon2)C(=O)NC2C(=O)N3C(C(=O)O)=CCS[C@H]23)cs1. The van der Waals surface area contributed by atoms with Crippen LogP contribution in [0.2, 0.25) is 0 Å². The molecule has 13 nitrogen and oxygen atoms in total. The van der Waals surface area contributed by atoms with Crippen molar-refractivity contribution >= 4 is 58.1 Å². The van der Waals surface area contributed by atoms with Gasteiger partial charge in [0, 0.05) is 17.2 Å². The summed E-state index contributed by atoms with van der Waals surface area (Å²) in [5.74, 6) is -2.13. The number of carboxylic acid groups (broad SMARTS) is 1. The number of aromatic nitrogens is 2. The minimum atomic E-state index is -1.21. The van der Waals surface area contributed by atoms with Gasteiger partial charge in [0.2, 0.25) is 6.41 Å². The van der Waals surface area contributed by atoms with E-state index in [9.17, 15) is 24.3 Å². The number of carbonyl (C=O) groups is 4. The van der Waals surface area contributed by atoms with Gasteiger partial charge in [-0.3, -0.25) is 19.3 Å². The van der Waals surface area contributed by atoms with Crippen molar-refractivity contribution in [1.29, 1.82) is 0 Å². The van der Waals surface area contributed by atoms with E-state index in [1.165, 1.54) is 29.5 Å². The van der Waals surface area contributed by atoms with Gasteiger partial charge in [-0.05, 0) is 6.08 Å². The monoisotopic (exact) mass is 478 g/mol. The second kappa shape index (κ2) is 9.19. The van der Waals surface area contributed by atoms with E-state index in [0.717, 1.165) is 16.2 Å². The van der Waals surface area contributed by atoms with Gasteiger partial charge in [0.1, 0.15) is 34.8 Å². The standard InChI is InChI=1S/C17H14N6O7S2/c24-7-18-17-19-9(6-32-17)11(22-30-5-8-1-3-29-21-8)13(25)20-12-14(26)23-10(16(27)28)2-4-31-15(12)23/h1-3,6-7,12,15H,4-5H2,(H,20,25)(H,27,28)(H,18,19,24)/b22-11+/t12?,15-/m1/s1. The number of thiazole rings is 1. The van der Waals surface area contributed by atoms with Gasteiger partial charge >= 0.3 is 5.97 Å². The normalized spacial score (nSPS) is 20.0. The Kier molecular flexibility index (Phi) is 6.18. The van der Waals surface area contributed by atoms with Crippen LogP contribution in [0.5, 0.6) is 0 Å². The first-order valence-electron chi connectivity index (χ1n) is 8.94. The van der Waals surface area contributed by atoms with Crippen LogP contribution in [-0.4, -0.2) is 67.2 Å². The van der Waals surface area contributed by atoms with Crippen LogP contribution in [0.1, 0.15) is 11.4 Å². The number of hydrogen-bond donors (Lipinski definition) is 3. The number of hydrogen-bond acceptors (Lipinski definition) is 11. The summed E-state index contributed by atoms with van der Waals surface area (Å²) >= 11 is 2.38. The fourth-order valence-corrected chi connectivity index (χ4v) is 4.78. The quantitative estimate of drug-likeness (QED) is 0.192. The summed E-state index contributed by atoms with van der Waals surface area (Å²) in [6.45, 7) is -0.0851. The number of rotatable bonds is 9. The fraction of sp³-hybridized carbons (Fsp3) is 0.235. The maximum atomic E-state index is 12.9. The summed E-state index contributed by atoms with van der Waals surface area (Å²) in [5, 5.41) is 22.9. The van der Waals surface area contributed by atoms with Gasteiger partial charge in [0.25, 0.3) is 11.8 Å². The minimum Gasteiger partial charge on any atom is -0.477 e. The van der Waals surface area contributed by atoms with Crippen LogP contribution in [0.15, 0.2) is 39.2 Å². The first-order chi connectivity index (χ1) is 15.5. The second-order valence-electron chi connectivity index (χ2n) is 6.28. The molecule has 0 saturated carbocycles. The summed E-state index contributed by atoms with van der Waals surface area (Å²) in [5.41, 5.74) is 0.206. The molecule has 0 aliphatic carbocycles. The fourth-order valence-electron chi connectivity index (χ4n) is 2.93. The van der Waals surface area contributed by atoms with E-state index in [0.29, 0.717) is 17.9 Å². The van der Waals surface area contributed by atoms with Crippen molar-refractivity contribution < 1.29 is 33.6 Å². The molecule has 3 amide bonds. The highest BCUT2D eigenvalue weighted by Crippen LogP contribution is 2.37. The van der Waals surface area contributed by atoms with Crippen molar-refractivity contribution in [3.05, 3.63) is 40.9 Å². The Hall–Kier alpha value is -3.72. The van der Waals surface area contributed by atoms with Crippen molar-refractivity contribution in [2.75, 3.05) is 11.1 Å². The predicted octanol–water partition coefficient (Wildman–Crippen LogP) is -0.0113. The molecule has 0 radical (unpaired) electrons. The van der Waals surface area contributed by atoms with E-state index in [4.69, 9.17) is 9.36 Å². The molecule has 0 aromatic carbocycles. The zero-order chi connectivity index (χ0) is 22.7. The molecule has 15 heteroatoms. The van der Waals surface area contributed by atoms with Crippen molar-refractivity contribution in [2.24, 2.45) is 5.16 Å². The summed E-state index contributed by atoms with van der Waals surface area (Å²) in [4.78, 5) is 57.9. The molecule has 1 unspecified atom stereocenters. The number of nitrogens with one attached hydrogen (secondary N) is 2. The highest BCUT2D eigenvalue weighted by molar-refractivity contribution is 8.00. The Morgan fingerprint density at radius 2 is 2.31 bits per heavy atom. The number of amides is 3. The Labute approximate surface area is 187 Å². The van der Waals surface area contributed by atoms with E-state index in [-0.39, 0.29) is 28.8 Å². The molecule has 2 aliphatic heterocycles. The number of anilines is 1. The third-order valence-electron chi connectivity index (χ3n) is 4.36. The van der Waals surface area contributed by atoms with Crippen LogP contribution in [0, 0.1) is 0 Å². The van der Waals surface area contributed by atoms with Crippen molar-refractivity contribution in [2.45, 2.75) is 18.0 Å². The van der Waals surface area contributed by atoms with Crippen molar-refractivity contribution in [3.8, 4) is 0 Å². The van der Waals surface area contributed by atoms with Crippen molar-refractivity contribution in [1.82, 2.24) is 20.4 Å². The molecule has 2 atom stereocenters. The molecule has 2 aromatic rings. The molecule has 1 fully saturated rings. The number of fused-ring (bicyclic) bond motifs is 1. The summed E-state index contributed by atoms with van der Waals surface area (Å²) in [6, 6.07) is 0.613. The lowest BCUT2D eigenvalue weighted by Gasteiger charge is -2.48.